The van der Waals surface area contributed by atoms with E-state index in [2.05, 4.69) is 12.2 Å². The molecule has 0 rings (SSSR count). The lowest BCUT2D eigenvalue weighted by Gasteiger charge is -2.00. The SMILES string of the molecule is CCNCCSCCCN. The highest BCUT2D eigenvalue weighted by atomic mass is 32.2. The molecule has 0 fully saturated rings. The molecule has 62 valence electrons. The smallest absolute Gasteiger partial charge is 0.00581 e. The fraction of sp³-hybridized carbons (Fsp3) is 1.00. The van der Waals surface area contributed by atoms with Crippen molar-refractivity contribution in [1.29, 1.82) is 0 Å². The standard InChI is InChI=1S/C7H18N2S/c1-2-9-5-7-10-6-3-4-8/h9H,2-8H2,1H3. The second-order valence-corrected chi connectivity index (χ2v) is 3.33. The normalized spacial score (nSPS) is 10.2. The van der Waals surface area contributed by atoms with Gasteiger partial charge in [-0.15, -0.1) is 0 Å². The summed E-state index contributed by atoms with van der Waals surface area (Å²) in [6.45, 7) is 5.17. The fourth-order valence-electron chi connectivity index (χ4n) is 0.609. The van der Waals surface area contributed by atoms with Crippen LogP contribution in [0.4, 0.5) is 0 Å². The Bertz CT molecular complexity index is 51.6. The summed E-state index contributed by atoms with van der Waals surface area (Å²) < 4.78 is 0. The van der Waals surface area contributed by atoms with Gasteiger partial charge < -0.3 is 11.1 Å². The number of rotatable bonds is 7. The van der Waals surface area contributed by atoms with Crippen molar-refractivity contribution in [3.05, 3.63) is 0 Å². The van der Waals surface area contributed by atoms with Gasteiger partial charge in [0.05, 0.1) is 0 Å². The van der Waals surface area contributed by atoms with Gasteiger partial charge in [0.25, 0.3) is 0 Å². The molecule has 0 atom stereocenters. The van der Waals surface area contributed by atoms with Gasteiger partial charge >= 0.3 is 0 Å². The van der Waals surface area contributed by atoms with Crippen molar-refractivity contribution >= 4 is 11.8 Å². The molecular weight excluding hydrogens is 144 g/mol. The third-order valence-electron chi connectivity index (χ3n) is 1.17. The minimum Gasteiger partial charge on any atom is -0.330 e. The molecule has 3 heteroatoms. The Kier molecular flexibility index (Phi) is 9.52. The van der Waals surface area contributed by atoms with Crippen molar-refractivity contribution in [2.24, 2.45) is 5.73 Å². The Balaban J connectivity index is 2.65. The van der Waals surface area contributed by atoms with Crippen LogP contribution in [0.15, 0.2) is 0 Å². The average molecular weight is 162 g/mol. The predicted octanol–water partition coefficient (Wildman–Crippen LogP) is 0.678. The second kappa shape index (κ2) is 9.27. The predicted molar refractivity (Wildman–Crippen MR) is 49.5 cm³/mol. The Morgan fingerprint density at radius 1 is 1.40 bits per heavy atom. The average Bonchev–Trinajstić information content (AvgIpc) is 1.97. The number of thioether (sulfide) groups is 1. The van der Waals surface area contributed by atoms with Crippen LogP contribution >= 0.6 is 11.8 Å². The minimum absolute atomic E-state index is 0.828. The van der Waals surface area contributed by atoms with Crippen molar-refractivity contribution in [3.63, 3.8) is 0 Å². The monoisotopic (exact) mass is 162 g/mol. The first-order valence-corrected chi connectivity index (χ1v) is 5.05. The molecule has 10 heavy (non-hydrogen) atoms. The zero-order valence-corrected chi connectivity index (χ0v) is 7.54. The maximum atomic E-state index is 5.34. The zero-order valence-electron chi connectivity index (χ0n) is 6.73. The second-order valence-electron chi connectivity index (χ2n) is 2.11. The van der Waals surface area contributed by atoms with E-state index in [4.69, 9.17) is 5.73 Å². The van der Waals surface area contributed by atoms with E-state index >= 15 is 0 Å². The number of nitrogens with two attached hydrogens (primary N) is 1. The Hall–Kier alpha value is 0.270. The van der Waals surface area contributed by atoms with E-state index in [1.54, 1.807) is 0 Å². The summed E-state index contributed by atoms with van der Waals surface area (Å²) in [7, 11) is 0. The van der Waals surface area contributed by atoms with Crippen LogP contribution in [0.25, 0.3) is 0 Å². The zero-order chi connectivity index (χ0) is 7.66. The fourth-order valence-corrected chi connectivity index (χ4v) is 1.47. The lowest BCUT2D eigenvalue weighted by molar-refractivity contribution is 0.768. The highest BCUT2D eigenvalue weighted by molar-refractivity contribution is 7.99. The molecule has 2 nitrogen and oxygen atoms in total. The van der Waals surface area contributed by atoms with Crippen molar-refractivity contribution in [1.82, 2.24) is 5.32 Å². The van der Waals surface area contributed by atoms with Crippen molar-refractivity contribution < 1.29 is 0 Å². The Morgan fingerprint density at radius 2 is 2.20 bits per heavy atom. The summed E-state index contributed by atoms with van der Waals surface area (Å²) >= 11 is 1.98. The maximum Gasteiger partial charge on any atom is 0.00581 e. The van der Waals surface area contributed by atoms with Crippen LogP contribution in [-0.2, 0) is 0 Å². The molecular formula is C7H18N2S. The van der Waals surface area contributed by atoms with Crippen LogP contribution < -0.4 is 11.1 Å². The van der Waals surface area contributed by atoms with Gasteiger partial charge in [0, 0.05) is 12.3 Å². The van der Waals surface area contributed by atoms with E-state index in [0.29, 0.717) is 0 Å². The minimum atomic E-state index is 0.828. The lowest BCUT2D eigenvalue weighted by Crippen LogP contribution is -2.16. The molecule has 0 amide bonds. The van der Waals surface area contributed by atoms with Gasteiger partial charge in [0.15, 0.2) is 0 Å². The van der Waals surface area contributed by atoms with E-state index in [9.17, 15) is 0 Å². The van der Waals surface area contributed by atoms with E-state index in [1.165, 1.54) is 11.5 Å². The first kappa shape index (κ1) is 10.3. The molecule has 0 heterocycles. The molecule has 0 bridgehead atoms. The highest BCUT2D eigenvalue weighted by Gasteiger charge is 1.86. The van der Waals surface area contributed by atoms with Crippen molar-refractivity contribution in [2.45, 2.75) is 13.3 Å². The Labute approximate surface area is 67.9 Å². The molecule has 3 N–H and O–H groups in total. The first-order chi connectivity index (χ1) is 4.91. The number of nitrogens with one attached hydrogen (secondary N) is 1. The van der Waals surface area contributed by atoms with Crippen LogP contribution in [0.2, 0.25) is 0 Å². The van der Waals surface area contributed by atoms with Crippen molar-refractivity contribution in [3.8, 4) is 0 Å². The molecule has 0 unspecified atom stereocenters. The molecule has 0 saturated carbocycles. The molecule has 0 aromatic carbocycles. The van der Waals surface area contributed by atoms with Gasteiger partial charge in [0.2, 0.25) is 0 Å². The summed E-state index contributed by atoms with van der Waals surface area (Å²) in [6, 6.07) is 0. The van der Waals surface area contributed by atoms with Gasteiger partial charge in [-0.2, -0.15) is 11.8 Å². The van der Waals surface area contributed by atoms with Gasteiger partial charge in [-0.3, -0.25) is 0 Å². The van der Waals surface area contributed by atoms with Crippen LogP contribution in [0, 0.1) is 0 Å². The van der Waals surface area contributed by atoms with E-state index < -0.39 is 0 Å². The van der Waals surface area contributed by atoms with E-state index in [0.717, 1.165) is 26.1 Å². The summed E-state index contributed by atoms with van der Waals surface area (Å²) in [5, 5.41) is 3.27. The molecule has 0 aromatic heterocycles. The van der Waals surface area contributed by atoms with Crippen LogP contribution in [0.3, 0.4) is 0 Å². The summed E-state index contributed by atoms with van der Waals surface area (Å²) in [5.41, 5.74) is 5.34. The summed E-state index contributed by atoms with van der Waals surface area (Å²) in [4.78, 5) is 0. The molecule has 0 radical (unpaired) electrons. The van der Waals surface area contributed by atoms with Crippen LogP contribution in [-0.4, -0.2) is 31.1 Å². The van der Waals surface area contributed by atoms with E-state index in [1.807, 2.05) is 11.8 Å². The summed E-state index contributed by atoms with van der Waals surface area (Å²) in [5.74, 6) is 2.43. The quantitative estimate of drug-likeness (QED) is 0.541. The number of hydrogen-bond acceptors (Lipinski definition) is 3. The highest BCUT2D eigenvalue weighted by Crippen LogP contribution is 1.98. The Morgan fingerprint density at radius 3 is 2.80 bits per heavy atom. The number of hydrogen-bond donors (Lipinski definition) is 2. The first-order valence-electron chi connectivity index (χ1n) is 3.90. The van der Waals surface area contributed by atoms with Gasteiger partial charge in [-0.1, -0.05) is 6.92 Å². The van der Waals surface area contributed by atoms with Crippen molar-refractivity contribution in [2.75, 3.05) is 31.1 Å². The topological polar surface area (TPSA) is 38.0 Å². The third kappa shape index (κ3) is 8.27. The van der Waals surface area contributed by atoms with E-state index in [-0.39, 0.29) is 0 Å². The van der Waals surface area contributed by atoms with Crippen LogP contribution in [0.5, 0.6) is 0 Å². The molecule has 0 aliphatic rings. The maximum absolute atomic E-state index is 5.34. The summed E-state index contributed by atoms with van der Waals surface area (Å²) in [6.07, 6.45) is 1.15. The molecule has 0 spiro atoms. The molecule has 0 aliphatic carbocycles. The largest absolute Gasteiger partial charge is 0.330 e. The lowest BCUT2D eigenvalue weighted by atomic mass is 10.5. The van der Waals surface area contributed by atoms with Gasteiger partial charge in [-0.05, 0) is 25.3 Å². The van der Waals surface area contributed by atoms with Gasteiger partial charge in [0.1, 0.15) is 0 Å². The van der Waals surface area contributed by atoms with Crippen LogP contribution in [0.1, 0.15) is 13.3 Å². The molecule has 0 saturated heterocycles. The molecule has 0 aliphatic heterocycles. The molecule has 0 aromatic rings. The third-order valence-corrected chi connectivity index (χ3v) is 2.24. The van der Waals surface area contributed by atoms with Gasteiger partial charge in [-0.25, -0.2) is 0 Å².